The number of hydrogen-bond acceptors (Lipinski definition) is 10. The van der Waals surface area contributed by atoms with Crippen molar-refractivity contribution in [3.05, 3.63) is 132 Å². The molecule has 4 saturated carbocycles. The number of anilines is 2. The molecule has 0 radical (unpaired) electrons. The van der Waals surface area contributed by atoms with Crippen molar-refractivity contribution in [3.63, 3.8) is 0 Å². The van der Waals surface area contributed by atoms with E-state index >= 15 is 4.39 Å². The molecule has 0 amide bonds. The molecule has 64 heavy (non-hydrogen) atoms. The molecule has 2 bridgehead atoms. The van der Waals surface area contributed by atoms with Crippen LogP contribution in [0, 0.1) is 28.3 Å². The van der Waals surface area contributed by atoms with Gasteiger partial charge in [0.25, 0.3) is 18.3 Å². The molecule has 1 aliphatic heterocycles. The smallest absolute Gasteiger partial charge is 0.267 e. The van der Waals surface area contributed by atoms with Crippen LogP contribution in [0.15, 0.2) is 114 Å². The number of sulfonamides is 1. The van der Waals surface area contributed by atoms with Gasteiger partial charge < -0.3 is 9.74 Å². The molecule has 2 N–H and O–H groups in total. The highest BCUT2D eigenvalue weighted by atomic mass is 32.2. The number of rotatable bonds is 13. The molecule has 6 aromatic rings. The van der Waals surface area contributed by atoms with Crippen molar-refractivity contribution >= 4 is 61.5 Å². The summed E-state index contributed by atoms with van der Waals surface area (Å²) in [6.07, 6.45) is 5.41. The third-order valence-electron chi connectivity index (χ3n) is 13.6. The summed E-state index contributed by atoms with van der Waals surface area (Å²) in [5.41, 5.74) is -0.383. The minimum Gasteiger partial charge on any atom is -0.407 e. The molecular formula is C47H46F3N5O5S3Si. The molecule has 1 saturated heterocycles. The first kappa shape index (κ1) is 43.0. The second kappa shape index (κ2) is 15.1. The van der Waals surface area contributed by atoms with Crippen LogP contribution >= 0.6 is 11.3 Å². The maximum absolute atomic E-state index is 16.8. The van der Waals surface area contributed by atoms with Crippen molar-refractivity contribution in [2.75, 3.05) is 28.2 Å². The molecule has 10 nitrogen and oxygen atoms in total. The van der Waals surface area contributed by atoms with Crippen molar-refractivity contribution in [2.24, 2.45) is 10.8 Å². The van der Waals surface area contributed by atoms with Crippen LogP contribution in [0.1, 0.15) is 57.9 Å². The van der Waals surface area contributed by atoms with E-state index < -0.39 is 56.2 Å². The van der Waals surface area contributed by atoms with Gasteiger partial charge in [-0.3, -0.25) is 4.72 Å². The highest BCUT2D eigenvalue weighted by Crippen LogP contribution is 2.74. The summed E-state index contributed by atoms with van der Waals surface area (Å²) in [6.45, 7) is 7.35. The van der Waals surface area contributed by atoms with Crippen molar-refractivity contribution in [2.45, 2.75) is 74.3 Å². The van der Waals surface area contributed by atoms with Crippen molar-refractivity contribution < 1.29 is 34.4 Å². The van der Waals surface area contributed by atoms with Crippen LogP contribution in [0.4, 0.5) is 24.8 Å². The fraction of sp³-hybridized carbons (Fsp3) is 0.340. The lowest BCUT2D eigenvalue weighted by atomic mass is 9.35. The molecule has 5 aliphatic rings. The summed E-state index contributed by atoms with van der Waals surface area (Å²) < 4.78 is 106. The first-order valence-corrected chi connectivity index (χ1v) is 27.2. The summed E-state index contributed by atoms with van der Waals surface area (Å²) in [6, 6.07) is 29.6. The van der Waals surface area contributed by atoms with E-state index in [1.807, 2.05) is 12.1 Å². The average Bonchev–Trinajstić information content (AvgIpc) is 3.63. The topological polar surface area (TPSA) is 140 Å². The third kappa shape index (κ3) is 7.18. The lowest BCUT2D eigenvalue weighted by Gasteiger charge is -2.70. The number of nitrogens with zero attached hydrogens (tertiary/aromatic N) is 3. The summed E-state index contributed by atoms with van der Waals surface area (Å²) >= 11 is 1.40. The van der Waals surface area contributed by atoms with Crippen molar-refractivity contribution in [1.29, 1.82) is 0 Å². The molecule has 0 unspecified atom stereocenters. The minimum atomic E-state index is -4.89. The molecule has 3 heterocycles. The molecule has 332 valence electrons. The molecule has 2 aromatic heterocycles. The third-order valence-corrected chi connectivity index (χ3v) is 23.4. The highest BCUT2D eigenvalue weighted by Gasteiger charge is 2.70. The number of nitrogens with one attached hydrogen (secondary N) is 2. The summed E-state index contributed by atoms with van der Waals surface area (Å²) in [5, 5.41) is 6.38. The van der Waals surface area contributed by atoms with Crippen LogP contribution in [0.2, 0.25) is 5.04 Å². The van der Waals surface area contributed by atoms with E-state index in [0.717, 1.165) is 42.5 Å². The van der Waals surface area contributed by atoms with Crippen LogP contribution in [0.25, 0.3) is 21.8 Å². The normalized spacial score (nSPS) is 22.2. The molecule has 17 heteroatoms. The van der Waals surface area contributed by atoms with E-state index in [0.29, 0.717) is 36.0 Å². The number of hydrogen-bond donors (Lipinski definition) is 2. The van der Waals surface area contributed by atoms with E-state index in [1.165, 1.54) is 39.9 Å². The summed E-state index contributed by atoms with van der Waals surface area (Å²) in [5.74, 6) is -2.89. The Balaban J connectivity index is 0.968. The largest absolute Gasteiger partial charge is 0.407 e. The van der Waals surface area contributed by atoms with Crippen LogP contribution in [0.3, 0.4) is 0 Å². The van der Waals surface area contributed by atoms with Crippen LogP contribution in [-0.2, 0) is 29.7 Å². The molecule has 4 aromatic carbocycles. The van der Waals surface area contributed by atoms with E-state index in [4.69, 9.17) is 14.4 Å². The summed E-state index contributed by atoms with van der Waals surface area (Å²) in [7, 11) is -10.7. The Kier molecular flexibility index (Phi) is 10.1. The Hall–Kier alpha value is -4.94. The monoisotopic (exact) mass is 941 g/mol. The van der Waals surface area contributed by atoms with Crippen molar-refractivity contribution in [3.8, 4) is 21.8 Å². The number of halogens is 3. The quantitative estimate of drug-likeness (QED) is 0.109. The lowest BCUT2D eigenvalue weighted by Crippen LogP contribution is -2.71. The van der Waals surface area contributed by atoms with Crippen LogP contribution in [-0.4, -0.2) is 64.3 Å². The van der Waals surface area contributed by atoms with Gasteiger partial charge in [0.05, 0.1) is 33.5 Å². The summed E-state index contributed by atoms with van der Waals surface area (Å²) in [4.78, 5) is 13.7. The zero-order valence-electron chi connectivity index (χ0n) is 35.4. The second-order valence-electron chi connectivity index (χ2n) is 19.3. The maximum atomic E-state index is 16.8. The van der Waals surface area contributed by atoms with Crippen LogP contribution in [0.5, 0.6) is 0 Å². The standard InChI is InChI=1S/C47H46F3N5O5S3Si/c1-44(2,3)64(31-12-6-4-7-13-31,32-14-8-5-9-15-32)60-27-46-24-47(25-46,26-46)42-54-39(33-16-10-19-36(38(33)50)55-63(58,59)41-34(48)17-11-18-35(41)49)40(61-42)37-20-21-51-43(53-37)52-30-22-45(23-30)28-62(56,57)29-45/h4-21,30,55H,22-29H2,1-3H3,(H,51,52,53). The number of thiazole rings is 1. The van der Waals surface area contributed by atoms with Crippen molar-refractivity contribution in [1.82, 2.24) is 15.0 Å². The zero-order valence-corrected chi connectivity index (χ0v) is 38.8. The van der Waals surface area contributed by atoms with Gasteiger partial charge in [-0.2, -0.15) is 0 Å². The van der Waals surface area contributed by atoms with Crippen LogP contribution < -0.4 is 20.4 Å². The molecule has 11 rings (SSSR count). The fourth-order valence-corrected chi connectivity index (χ4v) is 20.3. The van der Waals surface area contributed by atoms with Gasteiger partial charge in [-0.25, -0.2) is 45.0 Å². The maximum Gasteiger partial charge on any atom is 0.267 e. The van der Waals surface area contributed by atoms with Gasteiger partial charge in [0, 0.05) is 35.2 Å². The Labute approximate surface area is 375 Å². The highest BCUT2D eigenvalue weighted by molar-refractivity contribution is 7.93. The fourth-order valence-electron chi connectivity index (χ4n) is 11.0. The predicted octanol–water partition coefficient (Wildman–Crippen LogP) is 8.47. The Morgan fingerprint density at radius 1 is 0.828 bits per heavy atom. The number of sulfone groups is 1. The van der Waals surface area contributed by atoms with E-state index in [1.54, 1.807) is 12.3 Å². The van der Waals surface area contributed by atoms with Gasteiger partial charge in [0.15, 0.2) is 20.5 Å². The number of aromatic nitrogens is 3. The van der Waals surface area contributed by atoms with Gasteiger partial charge in [-0.15, -0.1) is 11.3 Å². The van der Waals surface area contributed by atoms with Gasteiger partial charge in [-0.1, -0.05) is 93.6 Å². The first-order valence-electron chi connectivity index (χ1n) is 21.2. The first-order chi connectivity index (χ1) is 30.3. The molecule has 4 aliphatic carbocycles. The van der Waals surface area contributed by atoms with Gasteiger partial charge >= 0.3 is 0 Å². The number of benzene rings is 4. The second-order valence-corrected chi connectivity index (χ2v) is 28.3. The molecule has 5 fully saturated rings. The van der Waals surface area contributed by atoms with E-state index in [2.05, 4.69) is 84.3 Å². The predicted molar refractivity (Wildman–Crippen MR) is 245 cm³/mol. The van der Waals surface area contributed by atoms with Gasteiger partial charge in [0.2, 0.25) is 5.95 Å². The van der Waals surface area contributed by atoms with E-state index in [9.17, 15) is 25.6 Å². The lowest BCUT2D eigenvalue weighted by molar-refractivity contribution is -0.164. The zero-order chi connectivity index (χ0) is 44.9. The molecular weight excluding hydrogens is 896 g/mol. The Morgan fingerprint density at radius 3 is 2.03 bits per heavy atom. The average molecular weight is 942 g/mol. The Morgan fingerprint density at radius 2 is 1.44 bits per heavy atom. The Bertz CT molecular complexity index is 2940. The van der Waals surface area contributed by atoms with Gasteiger partial charge in [-0.05, 0) is 83.3 Å². The molecule has 0 atom stereocenters. The molecule has 1 spiro atoms. The van der Waals surface area contributed by atoms with Gasteiger partial charge in [0.1, 0.15) is 16.6 Å². The minimum absolute atomic E-state index is 0.00766. The van der Waals surface area contributed by atoms with E-state index in [-0.39, 0.29) is 50.1 Å². The SMILES string of the molecule is CC(C)(C)[Si](OCC12CC(c3nc(-c4cccc(NS(=O)(=O)c5c(F)cccc5F)c4F)c(-c4ccnc(NC5CC6(C5)CS(=O)(=O)C6)n4)s3)(C1)C2)(c1ccccc1)c1ccccc1.